The molecule has 0 saturated carbocycles. The van der Waals surface area contributed by atoms with Gasteiger partial charge < -0.3 is 10.3 Å². The number of aromatic amines is 1. The second-order valence-corrected chi connectivity index (χ2v) is 4.76. The van der Waals surface area contributed by atoms with E-state index in [0.29, 0.717) is 6.04 Å². The van der Waals surface area contributed by atoms with E-state index in [9.17, 15) is 0 Å². The van der Waals surface area contributed by atoms with Crippen molar-refractivity contribution in [3.05, 3.63) is 48.7 Å². The number of nitrogens with zero attached hydrogens (tertiary/aromatic N) is 1. The van der Waals surface area contributed by atoms with Gasteiger partial charge in [-0.05, 0) is 11.6 Å². The summed E-state index contributed by atoms with van der Waals surface area (Å²) in [5, 5.41) is 4.70. The Bertz CT molecular complexity index is 547. The van der Waals surface area contributed by atoms with Crippen LogP contribution in [0.5, 0.6) is 0 Å². The van der Waals surface area contributed by atoms with Crippen LogP contribution in [-0.4, -0.2) is 36.1 Å². The first-order valence-corrected chi connectivity index (χ1v) is 6.53. The van der Waals surface area contributed by atoms with Crippen molar-refractivity contribution in [2.24, 2.45) is 0 Å². The second-order valence-electron chi connectivity index (χ2n) is 4.76. The average molecular weight is 314 g/mol. The molecular weight excluding hydrogens is 293 g/mol. The Balaban J connectivity index is 0.000001000. The van der Waals surface area contributed by atoms with Gasteiger partial charge in [0.2, 0.25) is 0 Å². The number of H-pyrrole nitrogens is 1. The van der Waals surface area contributed by atoms with Gasteiger partial charge in [0.25, 0.3) is 0 Å². The molecule has 110 valence electrons. The highest BCUT2D eigenvalue weighted by molar-refractivity contribution is 5.85. The molecule has 1 aliphatic heterocycles. The quantitative estimate of drug-likeness (QED) is 0.853. The zero-order valence-electron chi connectivity index (χ0n) is 11.3. The first-order chi connectivity index (χ1) is 8.90. The van der Waals surface area contributed by atoms with Crippen molar-refractivity contribution in [2.75, 3.05) is 26.2 Å². The molecular formula is C15H21Cl2N3. The van der Waals surface area contributed by atoms with Crippen molar-refractivity contribution in [3.63, 3.8) is 0 Å². The topological polar surface area (TPSA) is 31.1 Å². The van der Waals surface area contributed by atoms with Gasteiger partial charge in [-0.15, -0.1) is 31.4 Å². The van der Waals surface area contributed by atoms with Gasteiger partial charge in [-0.3, -0.25) is 4.90 Å². The molecule has 1 fully saturated rings. The van der Waals surface area contributed by atoms with Gasteiger partial charge in [0, 0.05) is 43.3 Å². The number of halogens is 2. The van der Waals surface area contributed by atoms with Gasteiger partial charge in [-0.2, -0.15) is 0 Å². The molecule has 2 aromatic rings. The zero-order chi connectivity index (χ0) is 12.4. The molecule has 0 spiro atoms. The van der Waals surface area contributed by atoms with Crippen molar-refractivity contribution in [3.8, 4) is 0 Å². The molecule has 0 bridgehead atoms. The zero-order valence-corrected chi connectivity index (χ0v) is 13.0. The second kappa shape index (κ2) is 7.70. The predicted molar refractivity (Wildman–Crippen MR) is 90.2 cm³/mol. The number of fused-ring (bicyclic) bond motifs is 1. The molecule has 20 heavy (non-hydrogen) atoms. The van der Waals surface area contributed by atoms with E-state index in [1.807, 2.05) is 0 Å². The molecule has 0 aliphatic carbocycles. The Labute approximate surface area is 132 Å². The number of nitrogens with one attached hydrogen (secondary N) is 2. The molecule has 3 rings (SSSR count). The first kappa shape index (κ1) is 17.1. The van der Waals surface area contributed by atoms with Crippen LogP contribution < -0.4 is 5.32 Å². The lowest BCUT2D eigenvalue weighted by molar-refractivity contribution is 0.204. The molecule has 2 heterocycles. The highest BCUT2D eigenvalue weighted by atomic mass is 35.5. The van der Waals surface area contributed by atoms with Crippen LogP contribution in [-0.2, 0) is 0 Å². The molecule has 3 nitrogen and oxygen atoms in total. The van der Waals surface area contributed by atoms with Crippen LogP contribution >= 0.6 is 24.8 Å². The lowest BCUT2D eigenvalue weighted by atomic mass is 10.0. The molecule has 0 amide bonds. The normalized spacial score (nSPS) is 17.0. The third-order valence-electron chi connectivity index (χ3n) is 3.71. The number of rotatable bonds is 3. The van der Waals surface area contributed by atoms with E-state index in [4.69, 9.17) is 0 Å². The largest absolute Gasteiger partial charge is 0.361 e. The van der Waals surface area contributed by atoms with E-state index >= 15 is 0 Å². The van der Waals surface area contributed by atoms with Crippen molar-refractivity contribution >= 4 is 35.7 Å². The van der Waals surface area contributed by atoms with E-state index in [1.54, 1.807) is 0 Å². The summed E-state index contributed by atoms with van der Waals surface area (Å²) in [5.74, 6) is 0. The maximum Gasteiger partial charge on any atom is 0.0551 e. The summed E-state index contributed by atoms with van der Waals surface area (Å²) in [6.07, 6.45) is 4.18. The van der Waals surface area contributed by atoms with Crippen molar-refractivity contribution < 1.29 is 0 Å². The number of hydrogen-bond donors (Lipinski definition) is 2. The van der Waals surface area contributed by atoms with Crippen LogP contribution in [0.25, 0.3) is 10.9 Å². The highest BCUT2D eigenvalue weighted by Gasteiger charge is 2.21. The summed E-state index contributed by atoms with van der Waals surface area (Å²) >= 11 is 0. The van der Waals surface area contributed by atoms with Gasteiger partial charge in [0.15, 0.2) is 0 Å². The Morgan fingerprint density at radius 1 is 1.15 bits per heavy atom. The number of hydrogen-bond acceptors (Lipinski definition) is 2. The van der Waals surface area contributed by atoms with Gasteiger partial charge in [0.1, 0.15) is 0 Å². The van der Waals surface area contributed by atoms with Crippen LogP contribution in [0.1, 0.15) is 11.6 Å². The van der Waals surface area contributed by atoms with Crippen LogP contribution in [0.4, 0.5) is 0 Å². The fraction of sp³-hybridized carbons (Fsp3) is 0.333. The maximum atomic E-state index is 4.02. The predicted octanol–water partition coefficient (Wildman–Crippen LogP) is 3.14. The Morgan fingerprint density at radius 3 is 2.55 bits per heavy atom. The van der Waals surface area contributed by atoms with Gasteiger partial charge in [0.05, 0.1) is 6.04 Å². The standard InChI is InChI=1S/C15H19N3.2ClH/c1-2-15(18-9-7-16-8-10-18)13-11-17-14-6-4-3-5-12(13)14;;/h2-6,11,15-17H,1,7-10H2;2*1H/t15-;;/m0../s1. The van der Waals surface area contributed by atoms with Crippen LogP contribution in [0, 0.1) is 0 Å². The number of piperazine rings is 1. The molecule has 2 N–H and O–H groups in total. The molecule has 5 heteroatoms. The van der Waals surface area contributed by atoms with E-state index in [0.717, 1.165) is 26.2 Å². The van der Waals surface area contributed by atoms with Gasteiger partial charge in [-0.25, -0.2) is 0 Å². The highest BCUT2D eigenvalue weighted by Crippen LogP contribution is 2.29. The van der Waals surface area contributed by atoms with Crippen LogP contribution in [0.3, 0.4) is 0 Å². The summed E-state index contributed by atoms with van der Waals surface area (Å²) in [5.41, 5.74) is 2.54. The van der Waals surface area contributed by atoms with Crippen molar-refractivity contribution in [1.29, 1.82) is 0 Å². The SMILES string of the molecule is C=C[C@@H](c1c[nH]c2ccccc12)N1CCNCC1.Cl.Cl. The maximum absolute atomic E-state index is 4.02. The fourth-order valence-corrected chi connectivity index (χ4v) is 2.77. The van der Waals surface area contributed by atoms with Gasteiger partial charge >= 0.3 is 0 Å². The molecule has 1 atom stereocenters. The molecule has 1 saturated heterocycles. The number of para-hydroxylation sites is 1. The van der Waals surface area contributed by atoms with Crippen molar-refractivity contribution in [2.45, 2.75) is 6.04 Å². The minimum absolute atomic E-state index is 0. The molecule has 1 aromatic heterocycles. The van der Waals surface area contributed by atoms with E-state index in [2.05, 4.69) is 58.3 Å². The summed E-state index contributed by atoms with van der Waals surface area (Å²) in [6, 6.07) is 8.77. The minimum atomic E-state index is 0. The Kier molecular flexibility index (Phi) is 6.56. The summed E-state index contributed by atoms with van der Waals surface area (Å²) < 4.78 is 0. The summed E-state index contributed by atoms with van der Waals surface area (Å²) in [4.78, 5) is 5.84. The Morgan fingerprint density at radius 2 is 1.85 bits per heavy atom. The first-order valence-electron chi connectivity index (χ1n) is 6.53. The molecule has 0 radical (unpaired) electrons. The van der Waals surface area contributed by atoms with Crippen molar-refractivity contribution in [1.82, 2.24) is 15.2 Å². The van der Waals surface area contributed by atoms with E-state index in [1.165, 1.54) is 16.5 Å². The van der Waals surface area contributed by atoms with E-state index in [-0.39, 0.29) is 24.8 Å². The average Bonchev–Trinajstić information content (AvgIpc) is 2.85. The molecule has 1 aromatic carbocycles. The van der Waals surface area contributed by atoms with Crippen LogP contribution in [0.15, 0.2) is 43.1 Å². The third kappa shape index (κ3) is 3.18. The van der Waals surface area contributed by atoms with Crippen LogP contribution in [0.2, 0.25) is 0 Å². The van der Waals surface area contributed by atoms with E-state index < -0.39 is 0 Å². The van der Waals surface area contributed by atoms with Gasteiger partial charge in [-0.1, -0.05) is 24.3 Å². The lowest BCUT2D eigenvalue weighted by Crippen LogP contribution is -2.44. The number of benzene rings is 1. The fourth-order valence-electron chi connectivity index (χ4n) is 2.77. The smallest absolute Gasteiger partial charge is 0.0551 e. The monoisotopic (exact) mass is 313 g/mol. The Hall–Kier alpha value is -1.000. The minimum Gasteiger partial charge on any atom is -0.361 e. The lowest BCUT2D eigenvalue weighted by Gasteiger charge is -2.33. The summed E-state index contributed by atoms with van der Waals surface area (Å²) in [7, 11) is 0. The number of aromatic nitrogens is 1. The third-order valence-corrected chi connectivity index (χ3v) is 3.71. The molecule has 1 aliphatic rings. The molecule has 0 unspecified atom stereocenters. The summed E-state index contributed by atoms with van der Waals surface area (Å²) in [6.45, 7) is 8.31.